The Balaban J connectivity index is 1.66. The van der Waals surface area contributed by atoms with Crippen molar-refractivity contribution in [3.63, 3.8) is 0 Å². The maximum absolute atomic E-state index is 13.2. The molecule has 0 bridgehead atoms. The summed E-state index contributed by atoms with van der Waals surface area (Å²) in [5.74, 6) is 0.0981. The van der Waals surface area contributed by atoms with Crippen LogP contribution in [0.4, 0.5) is 11.4 Å². The zero-order valence-corrected chi connectivity index (χ0v) is 15.6. The van der Waals surface area contributed by atoms with E-state index in [1.54, 1.807) is 29.2 Å². The third-order valence-corrected chi connectivity index (χ3v) is 6.95. The van der Waals surface area contributed by atoms with Crippen molar-refractivity contribution >= 4 is 27.3 Å². The van der Waals surface area contributed by atoms with Gasteiger partial charge in [-0.1, -0.05) is 17.7 Å². The summed E-state index contributed by atoms with van der Waals surface area (Å²) in [6, 6.07) is 12.6. The summed E-state index contributed by atoms with van der Waals surface area (Å²) in [5, 5.41) is 0. The van der Waals surface area contributed by atoms with Crippen molar-refractivity contribution < 1.29 is 13.2 Å². The van der Waals surface area contributed by atoms with Crippen molar-refractivity contribution in [3.05, 3.63) is 53.6 Å². The van der Waals surface area contributed by atoms with Crippen LogP contribution in [0.15, 0.2) is 47.4 Å². The van der Waals surface area contributed by atoms with Crippen LogP contribution in [0.5, 0.6) is 0 Å². The van der Waals surface area contributed by atoms with Gasteiger partial charge in [-0.2, -0.15) is 0 Å². The number of hydrogen-bond donors (Lipinski definition) is 0. The van der Waals surface area contributed by atoms with E-state index in [9.17, 15) is 13.2 Å². The van der Waals surface area contributed by atoms with Crippen LogP contribution in [0.3, 0.4) is 0 Å². The van der Waals surface area contributed by atoms with E-state index in [-0.39, 0.29) is 10.8 Å². The van der Waals surface area contributed by atoms with Crippen LogP contribution in [0.1, 0.15) is 30.4 Å². The standard InChI is InChI=1S/C20H22N2O3S/c1-15-6-11-19-16(14-15)4-2-13-22(19)26(24,25)18-9-7-17(8-10-18)21-12-3-5-20(21)23/h6-11,14H,2-5,12-13H2,1H3. The lowest BCUT2D eigenvalue weighted by molar-refractivity contribution is -0.117. The quantitative estimate of drug-likeness (QED) is 0.833. The first-order valence-electron chi connectivity index (χ1n) is 8.99. The van der Waals surface area contributed by atoms with Gasteiger partial charge < -0.3 is 4.90 Å². The van der Waals surface area contributed by atoms with Crippen LogP contribution in [0.2, 0.25) is 0 Å². The molecule has 2 aromatic rings. The topological polar surface area (TPSA) is 57.7 Å². The second kappa shape index (κ2) is 6.43. The molecular formula is C20H22N2O3S. The fourth-order valence-corrected chi connectivity index (χ4v) is 5.33. The average molecular weight is 370 g/mol. The van der Waals surface area contributed by atoms with Gasteiger partial charge in [0, 0.05) is 25.2 Å². The monoisotopic (exact) mass is 370 g/mol. The highest BCUT2D eigenvalue weighted by molar-refractivity contribution is 7.92. The Labute approximate surface area is 154 Å². The first kappa shape index (κ1) is 17.1. The summed E-state index contributed by atoms with van der Waals surface area (Å²) < 4.78 is 27.9. The number of sulfonamides is 1. The van der Waals surface area contributed by atoms with Gasteiger partial charge in [0.25, 0.3) is 10.0 Å². The van der Waals surface area contributed by atoms with Crippen molar-refractivity contribution in [2.24, 2.45) is 0 Å². The molecule has 2 heterocycles. The molecule has 2 aromatic carbocycles. The van der Waals surface area contributed by atoms with E-state index in [2.05, 4.69) is 6.07 Å². The molecule has 1 saturated heterocycles. The minimum absolute atomic E-state index is 0.0981. The summed E-state index contributed by atoms with van der Waals surface area (Å²) in [5.41, 5.74) is 3.77. The minimum atomic E-state index is -3.61. The molecule has 6 heteroatoms. The van der Waals surface area contributed by atoms with E-state index in [0.29, 0.717) is 19.5 Å². The maximum Gasteiger partial charge on any atom is 0.264 e. The molecule has 1 fully saturated rings. The molecule has 2 aliphatic rings. The van der Waals surface area contributed by atoms with E-state index in [1.165, 1.54) is 4.31 Å². The smallest absolute Gasteiger partial charge is 0.264 e. The summed E-state index contributed by atoms with van der Waals surface area (Å²) in [6.45, 7) is 3.21. The van der Waals surface area contributed by atoms with Crippen molar-refractivity contribution in [1.29, 1.82) is 0 Å². The van der Waals surface area contributed by atoms with Crippen LogP contribution >= 0.6 is 0 Å². The fraction of sp³-hybridized carbons (Fsp3) is 0.350. The van der Waals surface area contributed by atoms with Gasteiger partial charge in [0.2, 0.25) is 5.91 Å². The van der Waals surface area contributed by atoms with E-state index < -0.39 is 10.0 Å². The predicted octanol–water partition coefficient (Wildman–Crippen LogP) is 3.26. The second-order valence-corrected chi connectivity index (χ2v) is 8.82. The molecule has 0 saturated carbocycles. The van der Waals surface area contributed by atoms with Crippen molar-refractivity contribution in [2.45, 2.75) is 37.5 Å². The first-order valence-corrected chi connectivity index (χ1v) is 10.4. The Morgan fingerprint density at radius 1 is 0.923 bits per heavy atom. The molecule has 0 unspecified atom stereocenters. The summed E-state index contributed by atoms with van der Waals surface area (Å²) in [7, 11) is -3.61. The van der Waals surface area contributed by atoms with Gasteiger partial charge >= 0.3 is 0 Å². The number of fused-ring (bicyclic) bond motifs is 1. The molecule has 0 N–H and O–H groups in total. The molecule has 0 aliphatic carbocycles. The SMILES string of the molecule is Cc1ccc2c(c1)CCCN2S(=O)(=O)c1ccc(N2CCCC2=O)cc1. The molecule has 1 amide bonds. The van der Waals surface area contributed by atoms with Crippen molar-refractivity contribution in [1.82, 2.24) is 0 Å². The van der Waals surface area contributed by atoms with Gasteiger partial charge in [-0.25, -0.2) is 8.42 Å². The van der Waals surface area contributed by atoms with Crippen molar-refractivity contribution in [3.8, 4) is 0 Å². The van der Waals surface area contributed by atoms with Crippen molar-refractivity contribution in [2.75, 3.05) is 22.3 Å². The van der Waals surface area contributed by atoms with Gasteiger partial charge in [-0.3, -0.25) is 9.10 Å². The normalized spacial score (nSPS) is 17.5. The Morgan fingerprint density at radius 2 is 1.65 bits per heavy atom. The predicted molar refractivity (Wildman–Crippen MR) is 102 cm³/mol. The number of amides is 1. The number of carbonyl (C=O) groups excluding carboxylic acids is 1. The molecule has 2 aliphatic heterocycles. The van der Waals surface area contributed by atoms with E-state index in [4.69, 9.17) is 0 Å². The van der Waals surface area contributed by atoms with E-state index >= 15 is 0 Å². The number of anilines is 2. The Hall–Kier alpha value is -2.34. The van der Waals surface area contributed by atoms with Gasteiger partial charge in [-0.15, -0.1) is 0 Å². The molecule has 4 rings (SSSR count). The molecule has 5 nitrogen and oxygen atoms in total. The highest BCUT2D eigenvalue weighted by Gasteiger charge is 2.29. The van der Waals surface area contributed by atoms with Crippen LogP contribution in [0, 0.1) is 6.92 Å². The highest BCUT2D eigenvalue weighted by Crippen LogP contribution is 2.33. The molecule has 0 spiro atoms. The Morgan fingerprint density at radius 3 is 2.35 bits per heavy atom. The third-order valence-electron chi connectivity index (χ3n) is 5.12. The largest absolute Gasteiger partial charge is 0.312 e. The molecule has 0 atom stereocenters. The zero-order valence-electron chi connectivity index (χ0n) is 14.8. The van der Waals surface area contributed by atoms with Gasteiger partial charge in [-0.05, 0) is 62.1 Å². The number of hydrogen-bond acceptors (Lipinski definition) is 3. The fourth-order valence-electron chi connectivity index (χ4n) is 3.79. The number of rotatable bonds is 3. The number of benzene rings is 2. The Kier molecular flexibility index (Phi) is 4.23. The lowest BCUT2D eigenvalue weighted by Gasteiger charge is -2.31. The van der Waals surface area contributed by atoms with Gasteiger partial charge in [0.1, 0.15) is 0 Å². The maximum atomic E-state index is 13.2. The first-order chi connectivity index (χ1) is 12.5. The number of aryl methyl sites for hydroxylation is 2. The van der Waals surface area contributed by atoms with Gasteiger partial charge in [0.15, 0.2) is 0 Å². The van der Waals surface area contributed by atoms with Crippen LogP contribution in [-0.4, -0.2) is 27.4 Å². The average Bonchev–Trinajstić information content (AvgIpc) is 3.07. The molecule has 0 radical (unpaired) electrons. The molecule has 26 heavy (non-hydrogen) atoms. The Bertz CT molecular complexity index is 952. The molecule has 136 valence electrons. The lowest BCUT2D eigenvalue weighted by Crippen LogP contribution is -2.35. The van der Waals surface area contributed by atoms with Crippen LogP contribution < -0.4 is 9.21 Å². The summed E-state index contributed by atoms with van der Waals surface area (Å²) >= 11 is 0. The summed E-state index contributed by atoms with van der Waals surface area (Å²) in [4.78, 5) is 13.9. The minimum Gasteiger partial charge on any atom is -0.312 e. The van der Waals surface area contributed by atoms with E-state index in [1.807, 2.05) is 19.1 Å². The summed E-state index contributed by atoms with van der Waals surface area (Å²) in [6.07, 6.45) is 3.13. The molecule has 0 aromatic heterocycles. The highest BCUT2D eigenvalue weighted by atomic mass is 32.2. The third kappa shape index (κ3) is 2.88. The van der Waals surface area contributed by atoms with Crippen LogP contribution in [0.25, 0.3) is 0 Å². The zero-order chi connectivity index (χ0) is 18.3. The number of carbonyl (C=O) groups is 1. The van der Waals surface area contributed by atoms with Gasteiger partial charge in [0.05, 0.1) is 10.6 Å². The number of nitrogens with zero attached hydrogens (tertiary/aromatic N) is 2. The molecular weight excluding hydrogens is 348 g/mol. The van der Waals surface area contributed by atoms with E-state index in [0.717, 1.165) is 41.8 Å². The second-order valence-electron chi connectivity index (χ2n) is 6.96. The van der Waals surface area contributed by atoms with Crippen LogP contribution in [-0.2, 0) is 21.2 Å². The lowest BCUT2D eigenvalue weighted by atomic mass is 10.0.